The molecule has 1 saturated carbocycles. The van der Waals surface area contributed by atoms with Crippen molar-refractivity contribution < 1.29 is 9.53 Å². The van der Waals surface area contributed by atoms with E-state index in [4.69, 9.17) is 17.0 Å². The van der Waals surface area contributed by atoms with E-state index in [1.165, 1.54) is 31.0 Å². The number of amides is 1. The molecule has 0 bridgehead atoms. The average Bonchev–Trinajstić information content (AvgIpc) is 3.11. The number of benzene rings is 1. The van der Waals surface area contributed by atoms with E-state index in [9.17, 15) is 4.79 Å². The second-order valence-corrected chi connectivity index (χ2v) is 9.14. The lowest BCUT2D eigenvalue weighted by Crippen LogP contribution is -2.40. The summed E-state index contributed by atoms with van der Waals surface area (Å²) in [4.78, 5) is 19.0. The minimum Gasteiger partial charge on any atom is -0.497 e. The highest BCUT2D eigenvalue weighted by molar-refractivity contribution is 8.27. The Morgan fingerprint density at radius 3 is 2.68 bits per heavy atom. The summed E-state index contributed by atoms with van der Waals surface area (Å²) in [7, 11) is 3.67. The molecule has 1 saturated heterocycles. The first-order chi connectivity index (χ1) is 12.1. The van der Waals surface area contributed by atoms with Crippen LogP contribution in [-0.4, -0.2) is 35.3 Å². The maximum absolute atomic E-state index is 13.1. The minimum atomic E-state index is 0.0796. The Morgan fingerprint density at radius 2 is 1.96 bits per heavy atom. The van der Waals surface area contributed by atoms with E-state index in [0.29, 0.717) is 4.32 Å². The lowest BCUT2D eigenvalue weighted by molar-refractivity contribution is -0.124. The molecule has 0 aromatic heterocycles. The number of rotatable bonds is 2. The maximum Gasteiger partial charge on any atom is 0.269 e. The molecule has 0 N–H and O–H groups in total. The third-order valence-corrected chi connectivity index (χ3v) is 7.73. The predicted molar refractivity (Wildman–Crippen MR) is 108 cm³/mol. The van der Waals surface area contributed by atoms with Crippen LogP contribution < -0.4 is 9.64 Å². The Hall–Kier alpha value is -1.18. The SMILES string of the molecule is COc1ccc2c(c1)N(C)/C(=C1/SC(=S)N(C3CCCCC3)C1=O)S2. The monoisotopic (exact) mass is 392 g/mol. The highest BCUT2D eigenvalue weighted by atomic mass is 32.2. The fourth-order valence-electron chi connectivity index (χ4n) is 3.61. The summed E-state index contributed by atoms with van der Waals surface area (Å²) in [6, 6.07) is 6.29. The standard InChI is InChI=1S/C18H20N2O2S3/c1-19-13-10-12(22-2)8-9-14(13)24-17(19)15-16(21)20(18(23)25-15)11-6-4-3-5-7-11/h8-11H,3-7H2,1-2H3/b17-15-. The molecule has 1 aromatic carbocycles. The number of carbonyl (C=O) groups excluding carboxylic acids is 1. The van der Waals surface area contributed by atoms with Crippen LogP contribution in [0.1, 0.15) is 32.1 Å². The Kier molecular flexibility index (Phi) is 4.73. The van der Waals surface area contributed by atoms with Gasteiger partial charge >= 0.3 is 0 Å². The van der Waals surface area contributed by atoms with Gasteiger partial charge in [0.15, 0.2) is 0 Å². The smallest absolute Gasteiger partial charge is 0.269 e. The third kappa shape index (κ3) is 2.96. The Balaban J connectivity index is 1.65. The van der Waals surface area contributed by atoms with Gasteiger partial charge in [0.2, 0.25) is 0 Å². The topological polar surface area (TPSA) is 32.8 Å². The van der Waals surface area contributed by atoms with Crippen molar-refractivity contribution in [2.45, 2.75) is 43.0 Å². The molecule has 4 rings (SSSR count). The third-order valence-electron chi connectivity index (χ3n) is 4.97. The number of hydrogen-bond acceptors (Lipinski definition) is 6. The van der Waals surface area contributed by atoms with Crippen molar-refractivity contribution in [3.63, 3.8) is 0 Å². The molecule has 0 atom stereocenters. The Morgan fingerprint density at radius 1 is 1.20 bits per heavy atom. The molecule has 2 heterocycles. The first-order valence-electron chi connectivity index (χ1n) is 8.49. The van der Waals surface area contributed by atoms with Crippen LogP contribution in [0.3, 0.4) is 0 Å². The van der Waals surface area contributed by atoms with Crippen LogP contribution in [0.15, 0.2) is 33.0 Å². The van der Waals surface area contributed by atoms with Gasteiger partial charge in [-0.25, -0.2) is 0 Å². The molecular weight excluding hydrogens is 372 g/mol. The zero-order valence-corrected chi connectivity index (χ0v) is 16.7. The van der Waals surface area contributed by atoms with Crippen molar-refractivity contribution in [2.75, 3.05) is 19.1 Å². The van der Waals surface area contributed by atoms with Gasteiger partial charge in [-0.2, -0.15) is 0 Å². The number of ether oxygens (including phenoxy) is 1. The Bertz CT molecular complexity index is 772. The van der Waals surface area contributed by atoms with E-state index in [1.54, 1.807) is 18.9 Å². The number of carbonyl (C=O) groups is 1. The van der Waals surface area contributed by atoms with E-state index in [2.05, 4.69) is 4.90 Å². The molecular formula is C18H20N2O2S3. The van der Waals surface area contributed by atoms with E-state index in [-0.39, 0.29) is 11.9 Å². The van der Waals surface area contributed by atoms with E-state index in [0.717, 1.165) is 39.1 Å². The number of nitrogens with zero attached hydrogens (tertiary/aromatic N) is 2. The van der Waals surface area contributed by atoms with Crippen molar-refractivity contribution >= 4 is 51.7 Å². The van der Waals surface area contributed by atoms with Crippen molar-refractivity contribution in [1.82, 2.24) is 4.90 Å². The predicted octanol–water partition coefficient (Wildman–Crippen LogP) is 4.60. The van der Waals surface area contributed by atoms with Gasteiger partial charge in [0, 0.05) is 24.1 Å². The highest BCUT2D eigenvalue weighted by Gasteiger charge is 2.41. The number of fused-ring (bicyclic) bond motifs is 1. The van der Waals surface area contributed by atoms with Gasteiger partial charge in [-0.1, -0.05) is 55.0 Å². The van der Waals surface area contributed by atoms with Gasteiger partial charge in [0.25, 0.3) is 5.91 Å². The summed E-state index contributed by atoms with van der Waals surface area (Å²) in [6.07, 6.45) is 5.77. The van der Waals surface area contributed by atoms with Crippen LogP contribution in [-0.2, 0) is 4.79 Å². The molecule has 2 aliphatic heterocycles. The molecule has 25 heavy (non-hydrogen) atoms. The lowest BCUT2D eigenvalue weighted by Gasteiger charge is -2.30. The zero-order valence-electron chi connectivity index (χ0n) is 14.3. The van der Waals surface area contributed by atoms with Gasteiger partial charge < -0.3 is 9.64 Å². The number of thiocarbonyl (C=S) groups is 1. The first kappa shape index (κ1) is 17.2. The van der Waals surface area contributed by atoms with E-state index >= 15 is 0 Å². The number of methoxy groups -OCH3 is 1. The molecule has 1 aliphatic carbocycles. The molecule has 4 nitrogen and oxygen atoms in total. The normalized spacial score (nSPS) is 24.2. The number of thioether (sulfide) groups is 2. The first-order valence-corrected chi connectivity index (χ1v) is 10.5. The summed E-state index contributed by atoms with van der Waals surface area (Å²) in [5, 5.41) is 0.971. The van der Waals surface area contributed by atoms with Gasteiger partial charge in [-0.3, -0.25) is 9.69 Å². The molecule has 1 amide bonds. The number of anilines is 1. The summed E-state index contributed by atoms with van der Waals surface area (Å²) in [6.45, 7) is 0. The summed E-state index contributed by atoms with van der Waals surface area (Å²) in [5.41, 5.74) is 1.07. The molecule has 2 fully saturated rings. The summed E-state index contributed by atoms with van der Waals surface area (Å²) < 4.78 is 6.04. The fourth-order valence-corrected chi connectivity index (χ4v) is 6.32. The van der Waals surface area contributed by atoms with Crippen molar-refractivity contribution in [2.24, 2.45) is 0 Å². The van der Waals surface area contributed by atoms with Crippen LogP contribution >= 0.6 is 35.7 Å². The molecule has 1 aromatic rings. The van der Waals surface area contributed by atoms with Crippen LogP contribution in [0.5, 0.6) is 5.75 Å². The van der Waals surface area contributed by atoms with Gasteiger partial charge in [-0.15, -0.1) is 0 Å². The molecule has 3 aliphatic rings. The van der Waals surface area contributed by atoms with Crippen molar-refractivity contribution in [3.8, 4) is 5.75 Å². The highest BCUT2D eigenvalue weighted by Crippen LogP contribution is 2.51. The molecule has 0 unspecified atom stereocenters. The zero-order chi connectivity index (χ0) is 17.6. The van der Waals surface area contributed by atoms with Gasteiger partial charge in [-0.05, 0) is 25.0 Å². The van der Waals surface area contributed by atoms with Crippen LogP contribution in [0.2, 0.25) is 0 Å². The van der Waals surface area contributed by atoms with E-state index < -0.39 is 0 Å². The summed E-state index contributed by atoms with van der Waals surface area (Å²) >= 11 is 8.65. The van der Waals surface area contributed by atoms with Gasteiger partial charge in [0.1, 0.15) is 15.0 Å². The summed E-state index contributed by atoms with van der Waals surface area (Å²) in [5.74, 6) is 0.901. The van der Waals surface area contributed by atoms with Crippen LogP contribution in [0, 0.1) is 0 Å². The lowest BCUT2D eigenvalue weighted by atomic mass is 9.94. The molecule has 0 radical (unpaired) electrons. The van der Waals surface area contributed by atoms with Crippen molar-refractivity contribution in [3.05, 3.63) is 28.1 Å². The molecule has 132 valence electrons. The second kappa shape index (κ2) is 6.85. The van der Waals surface area contributed by atoms with Crippen LogP contribution in [0.4, 0.5) is 5.69 Å². The minimum absolute atomic E-state index is 0.0796. The largest absolute Gasteiger partial charge is 0.497 e. The van der Waals surface area contributed by atoms with Gasteiger partial charge in [0.05, 0.1) is 17.8 Å². The van der Waals surface area contributed by atoms with Crippen molar-refractivity contribution in [1.29, 1.82) is 0 Å². The molecule has 0 spiro atoms. The number of hydrogen-bond donors (Lipinski definition) is 0. The fraction of sp³-hybridized carbons (Fsp3) is 0.444. The quantitative estimate of drug-likeness (QED) is 0.540. The van der Waals surface area contributed by atoms with Crippen LogP contribution in [0.25, 0.3) is 0 Å². The molecule has 7 heteroatoms. The average molecular weight is 393 g/mol. The second-order valence-electron chi connectivity index (χ2n) is 6.46. The maximum atomic E-state index is 13.1. The van der Waals surface area contributed by atoms with E-state index in [1.807, 2.05) is 30.1 Å². The Labute approximate surface area is 162 Å².